The van der Waals surface area contributed by atoms with Crippen LogP contribution in [0, 0.1) is 6.92 Å². The number of thioether (sulfide) groups is 1. The van der Waals surface area contributed by atoms with Crippen LogP contribution in [0.4, 0.5) is 0 Å². The van der Waals surface area contributed by atoms with E-state index in [9.17, 15) is 13.2 Å². The standard InChI is InChI=1S/C17H20N2O4S2/c1-12-9-16(24-11-17(20)23-2)14-10-13(5-6-15(14)18-12)25(21,22)19-7-3-4-8-19/h5-6,9-10H,3-4,7-8,11H2,1-2H3. The molecular weight excluding hydrogens is 360 g/mol. The van der Waals surface area contributed by atoms with Crippen molar-refractivity contribution in [3.8, 4) is 0 Å². The fourth-order valence-electron chi connectivity index (χ4n) is 2.85. The van der Waals surface area contributed by atoms with Crippen molar-refractivity contribution in [1.82, 2.24) is 9.29 Å². The lowest BCUT2D eigenvalue weighted by Gasteiger charge is -2.16. The molecule has 2 heterocycles. The molecule has 1 fully saturated rings. The van der Waals surface area contributed by atoms with Gasteiger partial charge in [0.2, 0.25) is 10.0 Å². The first-order valence-electron chi connectivity index (χ1n) is 8.03. The second kappa shape index (κ2) is 7.31. The van der Waals surface area contributed by atoms with Crippen LogP contribution in [0.2, 0.25) is 0 Å². The number of carbonyl (C=O) groups excluding carboxylic acids is 1. The summed E-state index contributed by atoms with van der Waals surface area (Å²) in [7, 11) is -2.14. The highest BCUT2D eigenvalue weighted by Gasteiger charge is 2.27. The maximum absolute atomic E-state index is 12.8. The predicted octanol–water partition coefficient (Wildman–Crippen LogP) is 2.59. The van der Waals surface area contributed by atoms with Crippen molar-refractivity contribution in [2.45, 2.75) is 29.6 Å². The van der Waals surface area contributed by atoms with Crippen LogP contribution in [0.1, 0.15) is 18.5 Å². The van der Waals surface area contributed by atoms with Crippen molar-refractivity contribution in [3.05, 3.63) is 30.0 Å². The largest absolute Gasteiger partial charge is 0.468 e. The molecule has 1 saturated heterocycles. The SMILES string of the molecule is COC(=O)CSc1cc(C)nc2ccc(S(=O)(=O)N3CCCC3)cc12. The third-order valence-electron chi connectivity index (χ3n) is 4.15. The van der Waals surface area contributed by atoms with E-state index in [-0.39, 0.29) is 16.6 Å². The van der Waals surface area contributed by atoms with E-state index >= 15 is 0 Å². The molecular formula is C17H20N2O4S2. The van der Waals surface area contributed by atoms with Gasteiger partial charge in [0.05, 0.1) is 23.3 Å². The number of rotatable bonds is 5. The Morgan fingerprint density at radius 1 is 1.28 bits per heavy atom. The number of aryl methyl sites for hydroxylation is 1. The van der Waals surface area contributed by atoms with Gasteiger partial charge in [-0.15, -0.1) is 11.8 Å². The average molecular weight is 380 g/mol. The minimum atomic E-state index is -3.49. The number of ether oxygens (including phenoxy) is 1. The molecule has 3 rings (SSSR count). The second-order valence-corrected chi connectivity index (χ2v) is 8.87. The predicted molar refractivity (Wildman–Crippen MR) is 97.2 cm³/mol. The van der Waals surface area contributed by atoms with Crippen molar-refractivity contribution < 1.29 is 17.9 Å². The normalized spacial score (nSPS) is 15.6. The van der Waals surface area contributed by atoms with Crippen molar-refractivity contribution in [2.75, 3.05) is 26.0 Å². The fraction of sp³-hybridized carbons (Fsp3) is 0.412. The summed E-state index contributed by atoms with van der Waals surface area (Å²) in [5.41, 5.74) is 1.53. The Kier molecular flexibility index (Phi) is 5.31. The molecule has 0 aliphatic carbocycles. The number of carbonyl (C=O) groups is 1. The van der Waals surface area contributed by atoms with Gasteiger partial charge in [-0.2, -0.15) is 4.31 Å². The van der Waals surface area contributed by atoms with E-state index in [1.807, 2.05) is 13.0 Å². The van der Waals surface area contributed by atoms with E-state index in [4.69, 9.17) is 0 Å². The van der Waals surface area contributed by atoms with Gasteiger partial charge in [0.1, 0.15) is 0 Å². The maximum Gasteiger partial charge on any atom is 0.315 e. The molecule has 1 aromatic carbocycles. The third-order valence-corrected chi connectivity index (χ3v) is 7.07. The molecule has 0 saturated carbocycles. The van der Waals surface area contributed by atoms with E-state index < -0.39 is 10.0 Å². The van der Waals surface area contributed by atoms with Crippen LogP contribution < -0.4 is 0 Å². The number of sulfonamides is 1. The summed E-state index contributed by atoms with van der Waals surface area (Å²) in [6, 6.07) is 6.86. The van der Waals surface area contributed by atoms with Gasteiger partial charge < -0.3 is 4.74 Å². The van der Waals surface area contributed by atoms with Crippen molar-refractivity contribution >= 4 is 38.7 Å². The van der Waals surface area contributed by atoms with Gasteiger partial charge in [0.15, 0.2) is 0 Å². The zero-order chi connectivity index (χ0) is 18.0. The van der Waals surface area contributed by atoms with Crippen LogP contribution in [0.5, 0.6) is 0 Å². The summed E-state index contributed by atoms with van der Waals surface area (Å²) in [4.78, 5) is 17.0. The molecule has 1 aromatic heterocycles. The Balaban J connectivity index is 2.03. The fourth-order valence-corrected chi connectivity index (χ4v) is 5.36. The van der Waals surface area contributed by atoms with E-state index in [2.05, 4.69) is 9.72 Å². The van der Waals surface area contributed by atoms with Gasteiger partial charge in [0.25, 0.3) is 0 Å². The van der Waals surface area contributed by atoms with Crippen LogP contribution in [-0.2, 0) is 19.6 Å². The second-order valence-electron chi connectivity index (χ2n) is 5.92. The van der Waals surface area contributed by atoms with Crippen LogP contribution in [-0.4, -0.2) is 49.6 Å². The van der Waals surface area contributed by atoms with E-state index in [1.165, 1.54) is 23.2 Å². The number of methoxy groups -OCH3 is 1. The average Bonchev–Trinajstić information content (AvgIpc) is 3.14. The summed E-state index contributed by atoms with van der Waals surface area (Å²) >= 11 is 1.33. The number of hydrogen-bond acceptors (Lipinski definition) is 6. The number of nitrogens with zero attached hydrogens (tertiary/aromatic N) is 2. The number of esters is 1. The molecule has 0 spiro atoms. The van der Waals surface area contributed by atoms with Gasteiger partial charge in [-0.3, -0.25) is 9.78 Å². The lowest BCUT2D eigenvalue weighted by atomic mass is 10.2. The van der Waals surface area contributed by atoms with E-state index in [0.29, 0.717) is 18.6 Å². The first-order chi connectivity index (χ1) is 11.9. The van der Waals surface area contributed by atoms with Gasteiger partial charge in [-0.1, -0.05) is 0 Å². The lowest BCUT2D eigenvalue weighted by Crippen LogP contribution is -2.27. The number of hydrogen-bond donors (Lipinski definition) is 0. The van der Waals surface area contributed by atoms with Gasteiger partial charge in [0, 0.05) is 29.1 Å². The summed E-state index contributed by atoms with van der Waals surface area (Å²) in [5.74, 6) is -0.161. The number of aromatic nitrogens is 1. The quantitative estimate of drug-likeness (QED) is 0.586. The molecule has 0 radical (unpaired) electrons. The number of pyridine rings is 1. The Bertz CT molecular complexity index is 906. The summed E-state index contributed by atoms with van der Waals surface area (Å²) in [5, 5.41) is 0.736. The van der Waals surface area contributed by atoms with Crippen LogP contribution in [0.3, 0.4) is 0 Å². The third kappa shape index (κ3) is 3.80. The molecule has 6 nitrogen and oxygen atoms in total. The summed E-state index contributed by atoms with van der Waals surface area (Å²) in [6.45, 7) is 3.00. The highest BCUT2D eigenvalue weighted by atomic mass is 32.2. The zero-order valence-corrected chi connectivity index (χ0v) is 15.8. The van der Waals surface area contributed by atoms with Crippen LogP contribution in [0.25, 0.3) is 10.9 Å². The Morgan fingerprint density at radius 3 is 2.68 bits per heavy atom. The highest BCUT2D eigenvalue weighted by molar-refractivity contribution is 8.00. The molecule has 1 aliphatic rings. The molecule has 1 aliphatic heterocycles. The maximum atomic E-state index is 12.8. The molecule has 0 N–H and O–H groups in total. The Labute approximate surface area is 151 Å². The minimum absolute atomic E-state index is 0.165. The molecule has 0 amide bonds. The monoisotopic (exact) mass is 380 g/mol. The smallest absolute Gasteiger partial charge is 0.315 e. The molecule has 0 atom stereocenters. The number of fused-ring (bicyclic) bond motifs is 1. The lowest BCUT2D eigenvalue weighted by molar-refractivity contribution is -0.137. The van der Waals surface area contributed by atoms with Crippen molar-refractivity contribution in [3.63, 3.8) is 0 Å². The molecule has 25 heavy (non-hydrogen) atoms. The first kappa shape index (κ1) is 18.2. The van der Waals surface area contributed by atoms with Crippen LogP contribution >= 0.6 is 11.8 Å². The summed E-state index contributed by atoms with van der Waals surface area (Å²) in [6.07, 6.45) is 1.79. The zero-order valence-electron chi connectivity index (χ0n) is 14.2. The van der Waals surface area contributed by atoms with Gasteiger partial charge in [-0.25, -0.2) is 8.42 Å². The number of benzene rings is 1. The van der Waals surface area contributed by atoms with E-state index in [1.54, 1.807) is 18.2 Å². The van der Waals surface area contributed by atoms with Crippen molar-refractivity contribution in [2.24, 2.45) is 0 Å². The van der Waals surface area contributed by atoms with Crippen LogP contribution in [0.15, 0.2) is 34.1 Å². The van der Waals surface area contributed by atoms with E-state index in [0.717, 1.165) is 28.8 Å². The molecule has 134 valence electrons. The molecule has 0 unspecified atom stereocenters. The highest BCUT2D eigenvalue weighted by Crippen LogP contribution is 2.31. The Hall–Kier alpha value is -1.64. The first-order valence-corrected chi connectivity index (χ1v) is 10.5. The Morgan fingerprint density at radius 2 is 2.00 bits per heavy atom. The molecule has 8 heteroatoms. The minimum Gasteiger partial charge on any atom is -0.468 e. The summed E-state index contributed by atoms with van der Waals surface area (Å²) < 4.78 is 31.8. The molecule has 0 bridgehead atoms. The van der Waals surface area contributed by atoms with Gasteiger partial charge >= 0.3 is 5.97 Å². The topological polar surface area (TPSA) is 76.6 Å². The van der Waals surface area contributed by atoms with Gasteiger partial charge in [-0.05, 0) is 44.0 Å². The molecule has 2 aromatic rings. The van der Waals surface area contributed by atoms with Crippen molar-refractivity contribution in [1.29, 1.82) is 0 Å².